The van der Waals surface area contributed by atoms with Gasteiger partial charge in [-0.15, -0.1) is 0 Å². The van der Waals surface area contributed by atoms with E-state index in [-0.39, 0.29) is 24.4 Å². The number of ether oxygens (including phenoxy) is 3. The lowest BCUT2D eigenvalue weighted by Gasteiger charge is -2.37. The molecule has 4 heterocycles. The van der Waals surface area contributed by atoms with Crippen LogP contribution in [-0.4, -0.2) is 74.6 Å². The Morgan fingerprint density at radius 2 is 1.59 bits per heavy atom. The molecule has 2 fully saturated rings. The van der Waals surface area contributed by atoms with Crippen molar-refractivity contribution in [1.29, 1.82) is 0 Å². The number of hydrogen-bond acceptors (Lipinski definition) is 9. The molecule has 0 bridgehead atoms. The second-order valence-electron chi connectivity index (χ2n) is 12.3. The first-order valence-corrected chi connectivity index (χ1v) is 17.2. The van der Waals surface area contributed by atoms with Gasteiger partial charge >= 0.3 is 5.69 Å². The summed E-state index contributed by atoms with van der Waals surface area (Å²) in [7, 11) is 0. The topological polar surface area (TPSA) is 105 Å². The van der Waals surface area contributed by atoms with E-state index in [4.69, 9.17) is 37.4 Å². The lowest BCUT2D eigenvalue weighted by molar-refractivity contribution is -0.190. The Balaban J connectivity index is 0.925. The van der Waals surface area contributed by atoms with Crippen LogP contribution in [0.3, 0.4) is 0 Å². The maximum absolute atomic E-state index is 12.8. The molecule has 0 radical (unpaired) electrons. The number of hydrogen-bond donors (Lipinski definition) is 0. The summed E-state index contributed by atoms with van der Waals surface area (Å²) in [6.45, 7) is 8.50. The van der Waals surface area contributed by atoms with Crippen LogP contribution in [0.15, 0.2) is 90.5 Å². The van der Waals surface area contributed by atoms with Gasteiger partial charge in [0, 0.05) is 54.2 Å². The molecular weight excluding hydrogens is 667 g/mol. The Labute approximate surface area is 294 Å². The van der Waals surface area contributed by atoms with Crippen molar-refractivity contribution in [3.8, 4) is 11.4 Å². The minimum Gasteiger partial charge on any atom is -0.491 e. The van der Waals surface area contributed by atoms with Crippen LogP contribution >= 0.6 is 23.2 Å². The highest BCUT2D eigenvalue weighted by Crippen LogP contribution is 2.40. The smallest absolute Gasteiger partial charge is 0.350 e. The van der Waals surface area contributed by atoms with E-state index < -0.39 is 5.79 Å². The fourth-order valence-electron chi connectivity index (χ4n) is 6.24. The molecule has 0 saturated carbocycles. The van der Waals surface area contributed by atoms with Crippen LogP contribution in [0.1, 0.15) is 31.9 Å². The first-order chi connectivity index (χ1) is 23.8. The van der Waals surface area contributed by atoms with E-state index in [1.54, 1.807) is 34.0 Å². The predicted octanol–water partition coefficient (Wildman–Crippen LogP) is 5.58. The van der Waals surface area contributed by atoms with Crippen LogP contribution in [0.4, 0.5) is 11.4 Å². The number of halogens is 2. The maximum Gasteiger partial charge on any atom is 0.350 e. The van der Waals surface area contributed by atoms with Gasteiger partial charge in [-0.25, -0.2) is 14.5 Å². The summed E-state index contributed by atoms with van der Waals surface area (Å²) in [5.74, 6) is -0.411. The Hall–Kier alpha value is -4.36. The second kappa shape index (κ2) is 14.2. The largest absolute Gasteiger partial charge is 0.491 e. The molecule has 12 nitrogen and oxygen atoms in total. The minimum atomic E-state index is -1.16. The van der Waals surface area contributed by atoms with E-state index in [9.17, 15) is 4.79 Å². The molecule has 14 heteroatoms. The first-order valence-electron chi connectivity index (χ1n) is 16.4. The van der Waals surface area contributed by atoms with Crippen LogP contribution in [0, 0.1) is 0 Å². The molecule has 2 aliphatic rings. The maximum atomic E-state index is 12.8. The quantitative estimate of drug-likeness (QED) is 0.174. The summed E-state index contributed by atoms with van der Waals surface area (Å²) in [4.78, 5) is 21.6. The van der Waals surface area contributed by atoms with Gasteiger partial charge in [0.05, 0.1) is 17.3 Å². The normalized spacial score (nSPS) is 20.1. The zero-order chi connectivity index (χ0) is 34.0. The van der Waals surface area contributed by atoms with Crippen molar-refractivity contribution in [2.75, 3.05) is 49.2 Å². The second-order valence-corrected chi connectivity index (χ2v) is 13.1. The Morgan fingerprint density at radius 1 is 0.918 bits per heavy atom. The molecule has 3 aromatic carbocycles. The van der Waals surface area contributed by atoms with E-state index in [0.717, 1.165) is 55.4 Å². The van der Waals surface area contributed by atoms with E-state index in [1.165, 1.54) is 11.0 Å². The molecular formula is C35H38Cl2N8O4. The van der Waals surface area contributed by atoms with E-state index in [2.05, 4.69) is 56.2 Å². The average molecular weight is 706 g/mol. The zero-order valence-electron chi connectivity index (χ0n) is 27.4. The molecule has 7 rings (SSSR count). The third-order valence-corrected chi connectivity index (χ3v) is 9.72. The summed E-state index contributed by atoms with van der Waals surface area (Å²) in [5.41, 5.74) is 3.58. The number of piperazine rings is 1. The van der Waals surface area contributed by atoms with Gasteiger partial charge in [0.15, 0.2) is 0 Å². The molecule has 256 valence electrons. The fourth-order valence-corrected chi connectivity index (χ4v) is 6.80. The van der Waals surface area contributed by atoms with Crippen molar-refractivity contribution in [2.24, 2.45) is 0 Å². The Kier molecular flexibility index (Phi) is 9.64. The highest BCUT2D eigenvalue weighted by Gasteiger charge is 2.45. The lowest BCUT2D eigenvalue weighted by atomic mass is 10.1. The van der Waals surface area contributed by atoms with Crippen LogP contribution in [-0.2, 0) is 21.8 Å². The number of aromatic nitrogens is 6. The summed E-state index contributed by atoms with van der Waals surface area (Å²) in [5, 5.41) is 9.53. The van der Waals surface area contributed by atoms with Gasteiger partial charge in [-0.2, -0.15) is 14.9 Å². The van der Waals surface area contributed by atoms with Gasteiger partial charge in [0.1, 0.15) is 44.0 Å². The molecule has 0 aliphatic carbocycles. The fraction of sp³-hybridized carbons (Fsp3) is 0.371. The van der Waals surface area contributed by atoms with Crippen molar-refractivity contribution in [3.63, 3.8) is 0 Å². The van der Waals surface area contributed by atoms with Crippen LogP contribution < -0.4 is 20.2 Å². The summed E-state index contributed by atoms with van der Waals surface area (Å²) >= 11 is 12.7. The third-order valence-electron chi connectivity index (χ3n) is 9.17. The van der Waals surface area contributed by atoms with Crippen molar-refractivity contribution in [1.82, 2.24) is 29.1 Å². The summed E-state index contributed by atoms with van der Waals surface area (Å²) in [6, 6.07) is 21.6. The monoisotopic (exact) mass is 704 g/mol. The highest BCUT2D eigenvalue weighted by atomic mass is 35.5. The number of benzene rings is 3. The van der Waals surface area contributed by atoms with E-state index in [0.29, 0.717) is 28.8 Å². The van der Waals surface area contributed by atoms with Crippen LogP contribution in [0.2, 0.25) is 10.0 Å². The van der Waals surface area contributed by atoms with Gasteiger partial charge in [0.2, 0.25) is 5.79 Å². The average Bonchev–Trinajstić information content (AvgIpc) is 3.88. The summed E-state index contributed by atoms with van der Waals surface area (Å²) < 4.78 is 23.7. The number of rotatable bonds is 11. The standard InChI is InChI=1S/C35H38Cl2N8O4/c1-3-25(2)44-24-40-45(34(44)46)29-7-5-27(6-8-29)41-14-16-42(17-15-41)28-9-11-30(12-10-28)47-19-31-20-48-35(49-31,21-43-23-38-22-39-43)32-13-4-26(36)18-33(32)37/h4-13,18,22-25,31H,3,14-17,19-21H2,1-2H3/t25?,31-,35-/m0/s1. The zero-order valence-corrected chi connectivity index (χ0v) is 28.9. The Bertz CT molecular complexity index is 1910. The predicted molar refractivity (Wildman–Crippen MR) is 188 cm³/mol. The van der Waals surface area contributed by atoms with Gasteiger partial charge in [-0.3, -0.25) is 4.57 Å². The van der Waals surface area contributed by atoms with Crippen molar-refractivity contribution < 1.29 is 14.2 Å². The molecule has 3 atom stereocenters. The molecule has 0 spiro atoms. The van der Waals surface area contributed by atoms with Crippen LogP contribution in [0.5, 0.6) is 5.75 Å². The first kappa shape index (κ1) is 33.2. The molecule has 5 aromatic rings. The molecule has 2 aliphatic heterocycles. The minimum absolute atomic E-state index is 0.113. The lowest BCUT2D eigenvalue weighted by Crippen LogP contribution is -2.46. The van der Waals surface area contributed by atoms with Gasteiger partial charge in [0.25, 0.3) is 0 Å². The van der Waals surface area contributed by atoms with Crippen LogP contribution in [0.25, 0.3) is 5.69 Å². The molecule has 2 aromatic heterocycles. The number of nitrogens with zero attached hydrogens (tertiary/aromatic N) is 8. The Morgan fingerprint density at radius 3 is 2.22 bits per heavy atom. The van der Waals surface area contributed by atoms with Gasteiger partial charge in [-0.05, 0) is 74.0 Å². The van der Waals surface area contributed by atoms with Gasteiger partial charge in [-0.1, -0.05) is 36.2 Å². The van der Waals surface area contributed by atoms with E-state index in [1.807, 2.05) is 37.3 Å². The van der Waals surface area contributed by atoms with Crippen molar-refractivity contribution in [2.45, 2.75) is 44.7 Å². The van der Waals surface area contributed by atoms with E-state index >= 15 is 0 Å². The SMILES string of the molecule is CCC(C)n1cnn(-c2ccc(N3CCN(c4ccc(OC[C@H]5CO[C@](Cn6cncn6)(c6ccc(Cl)cc6Cl)O5)cc4)CC3)cc2)c1=O. The molecule has 49 heavy (non-hydrogen) atoms. The number of anilines is 2. The molecule has 0 amide bonds. The van der Waals surface area contributed by atoms with Crippen molar-refractivity contribution >= 4 is 34.6 Å². The summed E-state index contributed by atoms with van der Waals surface area (Å²) in [6.07, 6.45) is 5.23. The third kappa shape index (κ3) is 7.04. The van der Waals surface area contributed by atoms with Gasteiger partial charge < -0.3 is 24.0 Å². The molecule has 1 unspecified atom stereocenters. The highest BCUT2D eigenvalue weighted by molar-refractivity contribution is 6.35. The van der Waals surface area contributed by atoms with Crippen molar-refractivity contribution in [3.05, 3.63) is 112 Å². The molecule has 2 saturated heterocycles. The molecule has 0 N–H and O–H groups in total.